The fourth-order valence-corrected chi connectivity index (χ4v) is 1.05. The molecule has 8 nitrogen and oxygen atoms in total. The number of nitrogen functional groups attached to an aromatic ring is 1. The van der Waals surface area contributed by atoms with E-state index >= 15 is 0 Å². The predicted octanol–water partition coefficient (Wildman–Crippen LogP) is 0.957. The molecule has 0 aromatic heterocycles. The fraction of sp³-hybridized carbons (Fsp3) is 0. The van der Waals surface area contributed by atoms with E-state index in [0.29, 0.717) is 0 Å². The van der Waals surface area contributed by atoms with Gasteiger partial charge in [0, 0.05) is 6.07 Å². The molecule has 0 amide bonds. The summed E-state index contributed by atoms with van der Waals surface area (Å²) in [6.45, 7) is 0. The van der Waals surface area contributed by atoms with Gasteiger partial charge in [0.1, 0.15) is 6.07 Å². The molecular formula is C7H4N4O4. The molecule has 0 atom stereocenters. The SMILES string of the molecule is N#Cc1c(N)ccc([N+](=O)[O-])c1[N+](=O)[O-]. The molecule has 0 bridgehead atoms. The highest BCUT2D eigenvalue weighted by atomic mass is 16.6. The van der Waals surface area contributed by atoms with E-state index in [2.05, 4.69) is 0 Å². The molecule has 0 aliphatic carbocycles. The maximum Gasteiger partial charge on any atom is 0.365 e. The third-order valence-corrected chi connectivity index (χ3v) is 1.68. The number of nitrogens with two attached hydrogens (primary N) is 1. The van der Waals surface area contributed by atoms with Crippen molar-refractivity contribution in [1.29, 1.82) is 5.26 Å². The van der Waals surface area contributed by atoms with E-state index in [9.17, 15) is 20.2 Å². The number of rotatable bonds is 2. The van der Waals surface area contributed by atoms with Crippen LogP contribution in [0, 0.1) is 31.6 Å². The van der Waals surface area contributed by atoms with Gasteiger partial charge in [0.2, 0.25) is 0 Å². The van der Waals surface area contributed by atoms with Crippen molar-refractivity contribution in [3.05, 3.63) is 37.9 Å². The molecule has 0 unspecified atom stereocenters. The molecule has 0 saturated heterocycles. The molecule has 1 rings (SSSR count). The fourth-order valence-electron chi connectivity index (χ4n) is 1.05. The normalized spacial score (nSPS) is 9.27. The highest BCUT2D eigenvalue weighted by Gasteiger charge is 2.30. The molecule has 1 aromatic rings. The first-order valence-corrected chi connectivity index (χ1v) is 3.60. The molecule has 0 aliphatic heterocycles. The Labute approximate surface area is 82.8 Å². The molecule has 15 heavy (non-hydrogen) atoms. The summed E-state index contributed by atoms with van der Waals surface area (Å²) in [5.74, 6) is 0. The lowest BCUT2D eigenvalue weighted by Crippen LogP contribution is -2.02. The van der Waals surface area contributed by atoms with Crippen molar-refractivity contribution in [2.24, 2.45) is 0 Å². The van der Waals surface area contributed by atoms with Crippen molar-refractivity contribution in [3.8, 4) is 6.07 Å². The Morgan fingerprint density at radius 2 is 1.87 bits per heavy atom. The van der Waals surface area contributed by atoms with Crippen LogP contribution in [0.1, 0.15) is 5.56 Å². The maximum atomic E-state index is 10.6. The minimum Gasteiger partial charge on any atom is -0.397 e. The Morgan fingerprint density at radius 1 is 1.27 bits per heavy atom. The van der Waals surface area contributed by atoms with Gasteiger partial charge in [-0.2, -0.15) is 5.26 Å². The molecule has 0 spiro atoms. The van der Waals surface area contributed by atoms with Crippen LogP contribution in [0.2, 0.25) is 0 Å². The van der Waals surface area contributed by atoms with Crippen LogP contribution in [-0.4, -0.2) is 9.85 Å². The molecule has 1 aromatic carbocycles. The van der Waals surface area contributed by atoms with Crippen LogP contribution in [0.4, 0.5) is 17.1 Å². The molecule has 8 heteroatoms. The highest BCUT2D eigenvalue weighted by Crippen LogP contribution is 2.33. The zero-order chi connectivity index (χ0) is 11.6. The number of hydrogen-bond acceptors (Lipinski definition) is 6. The van der Waals surface area contributed by atoms with E-state index in [0.717, 1.165) is 12.1 Å². The van der Waals surface area contributed by atoms with Gasteiger partial charge in [-0.05, 0) is 6.07 Å². The lowest BCUT2D eigenvalue weighted by Gasteiger charge is -1.99. The Hall–Kier alpha value is -2.69. The van der Waals surface area contributed by atoms with Crippen molar-refractivity contribution in [2.75, 3.05) is 5.73 Å². The second-order valence-corrected chi connectivity index (χ2v) is 2.52. The summed E-state index contributed by atoms with van der Waals surface area (Å²) in [6, 6.07) is 3.45. The minimum absolute atomic E-state index is 0.158. The maximum absolute atomic E-state index is 10.6. The first-order chi connectivity index (χ1) is 6.99. The van der Waals surface area contributed by atoms with Crippen molar-refractivity contribution < 1.29 is 9.85 Å². The first kappa shape index (κ1) is 10.4. The van der Waals surface area contributed by atoms with E-state index in [1.807, 2.05) is 0 Å². The Kier molecular flexibility index (Phi) is 2.48. The zero-order valence-electron chi connectivity index (χ0n) is 7.21. The molecule has 0 fully saturated rings. The monoisotopic (exact) mass is 208 g/mol. The lowest BCUT2D eigenvalue weighted by atomic mass is 10.1. The van der Waals surface area contributed by atoms with Crippen molar-refractivity contribution in [2.45, 2.75) is 0 Å². The molecule has 0 heterocycles. The smallest absolute Gasteiger partial charge is 0.365 e. The number of nitrogens with zero attached hydrogens (tertiary/aromatic N) is 3. The van der Waals surface area contributed by atoms with Crippen molar-refractivity contribution in [1.82, 2.24) is 0 Å². The van der Waals surface area contributed by atoms with Crippen LogP contribution >= 0.6 is 0 Å². The second-order valence-electron chi connectivity index (χ2n) is 2.52. The first-order valence-electron chi connectivity index (χ1n) is 3.60. The van der Waals surface area contributed by atoms with E-state index in [-0.39, 0.29) is 5.69 Å². The standard InChI is InChI=1S/C7H4N4O4/c8-3-4-5(9)1-2-6(10(12)13)7(4)11(14)15/h1-2H,9H2. The van der Waals surface area contributed by atoms with Gasteiger partial charge >= 0.3 is 11.4 Å². The van der Waals surface area contributed by atoms with Gasteiger partial charge in [-0.1, -0.05) is 0 Å². The van der Waals surface area contributed by atoms with Crippen LogP contribution in [0.25, 0.3) is 0 Å². The molecule has 0 radical (unpaired) electrons. The van der Waals surface area contributed by atoms with Crippen LogP contribution in [0.15, 0.2) is 12.1 Å². The summed E-state index contributed by atoms with van der Waals surface area (Å²) in [4.78, 5) is 19.1. The average molecular weight is 208 g/mol. The minimum atomic E-state index is -0.993. The summed E-state index contributed by atoms with van der Waals surface area (Å²) in [5, 5.41) is 29.6. The summed E-state index contributed by atoms with van der Waals surface area (Å²) < 4.78 is 0. The number of hydrogen-bond donors (Lipinski definition) is 1. The van der Waals surface area contributed by atoms with Gasteiger partial charge in [0.05, 0.1) is 15.5 Å². The van der Waals surface area contributed by atoms with Crippen LogP contribution in [0.3, 0.4) is 0 Å². The quantitative estimate of drug-likeness (QED) is 0.436. The number of nitro benzene ring substituents is 2. The third-order valence-electron chi connectivity index (χ3n) is 1.68. The van der Waals surface area contributed by atoms with Gasteiger partial charge in [-0.3, -0.25) is 20.2 Å². The van der Waals surface area contributed by atoms with E-state index < -0.39 is 26.8 Å². The average Bonchev–Trinajstić information content (AvgIpc) is 2.16. The largest absolute Gasteiger partial charge is 0.397 e. The Balaban J connectivity index is 3.66. The summed E-state index contributed by atoms with van der Waals surface area (Å²) >= 11 is 0. The van der Waals surface area contributed by atoms with E-state index in [1.165, 1.54) is 6.07 Å². The number of nitriles is 1. The lowest BCUT2D eigenvalue weighted by molar-refractivity contribution is -0.422. The third kappa shape index (κ3) is 1.66. The van der Waals surface area contributed by atoms with Gasteiger partial charge in [0.15, 0.2) is 5.56 Å². The topological polar surface area (TPSA) is 136 Å². The number of anilines is 1. The number of nitro groups is 2. The summed E-state index contributed by atoms with van der Waals surface area (Å²) in [7, 11) is 0. The van der Waals surface area contributed by atoms with Gasteiger partial charge in [-0.15, -0.1) is 0 Å². The Morgan fingerprint density at radius 3 is 2.27 bits per heavy atom. The summed E-state index contributed by atoms with van der Waals surface area (Å²) in [5.41, 5.74) is 3.02. The van der Waals surface area contributed by atoms with Gasteiger partial charge in [0.25, 0.3) is 0 Å². The Bertz CT molecular complexity index is 490. The summed E-state index contributed by atoms with van der Waals surface area (Å²) in [6.07, 6.45) is 0. The van der Waals surface area contributed by atoms with Crippen molar-refractivity contribution >= 4 is 17.1 Å². The van der Waals surface area contributed by atoms with Crippen LogP contribution in [0.5, 0.6) is 0 Å². The van der Waals surface area contributed by atoms with Gasteiger partial charge in [-0.25, -0.2) is 0 Å². The van der Waals surface area contributed by atoms with Crippen LogP contribution < -0.4 is 5.73 Å². The molecule has 2 N–H and O–H groups in total. The predicted molar refractivity (Wildman–Crippen MR) is 48.9 cm³/mol. The molecule has 76 valence electrons. The van der Waals surface area contributed by atoms with Crippen molar-refractivity contribution in [3.63, 3.8) is 0 Å². The second kappa shape index (κ2) is 3.59. The molecule has 0 aliphatic rings. The van der Waals surface area contributed by atoms with E-state index in [4.69, 9.17) is 11.0 Å². The van der Waals surface area contributed by atoms with Gasteiger partial charge < -0.3 is 5.73 Å². The molecular weight excluding hydrogens is 204 g/mol. The highest BCUT2D eigenvalue weighted by molar-refractivity contribution is 5.72. The van der Waals surface area contributed by atoms with Crippen LogP contribution in [-0.2, 0) is 0 Å². The molecule has 0 saturated carbocycles. The zero-order valence-corrected chi connectivity index (χ0v) is 7.21. The van der Waals surface area contributed by atoms with E-state index in [1.54, 1.807) is 0 Å². The number of benzene rings is 1.